The Morgan fingerprint density at radius 1 is 1.47 bits per heavy atom. The van der Waals surface area contributed by atoms with Crippen molar-refractivity contribution in [3.05, 3.63) is 0 Å². The van der Waals surface area contributed by atoms with Crippen molar-refractivity contribution >= 4 is 16.0 Å². The largest absolute Gasteiger partial charge is 0.481 e. The first-order valence-electron chi connectivity index (χ1n) is 6.58. The lowest BCUT2D eigenvalue weighted by atomic mass is 10.1. The van der Waals surface area contributed by atoms with Crippen molar-refractivity contribution in [2.75, 3.05) is 20.3 Å². The number of hydrogen-bond donors (Lipinski definition) is 1. The Morgan fingerprint density at radius 2 is 2.11 bits per heavy atom. The van der Waals surface area contributed by atoms with E-state index in [4.69, 9.17) is 9.84 Å². The molecule has 0 saturated heterocycles. The summed E-state index contributed by atoms with van der Waals surface area (Å²) in [5.41, 5.74) is 0. The lowest BCUT2D eigenvalue weighted by Crippen LogP contribution is -2.47. The maximum atomic E-state index is 12.6. The zero-order valence-electron chi connectivity index (χ0n) is 11.7. The molecule has 3 atom stereocenters. The Balaban J connectivity index is 2.97. The third-order valence-corrected chi connectivity index (χ3v) is 6.29. The summed E-state index contributed by atoms with van der Waals surface area (Å²) in [7, 11) is -2.07. The van der Waals surface area contributed by atoms with E-state index in [-0.39, 0.29) is 6.04 Å². The number of carboxylic acid groups (broad SMARTS) is 1. The fraction of sp³-hybridized carbons (Fsp3) is 0.917. The van der Waals surface area contributed by atoms with Crippen molar-refractivity contribution in [2.45, 2.75) is 44.4 Å². The molecule has 1 rings (SSSR count). The number of sulfonamides is 1. The quantitative estimate of drug-likeness (QED) is 0.755. The zero-order valence-corrected chi connectivity index (χ0v) is 12.5. The van der Waals surface area contributed by atoms with Crippen LogP contribution in [-0.4, -0.2) is 55.4 Å². The van der Waals surface area contributed by atoms with Crippen LogP contribution in [0.5, 0.6) is 0 Å². The van der Waals surface area contributed by atoms with Crippen molar-refractivity contribution in [1.82, 2.24) is 4.31 Å². The van der Waals surface area contributed by atoms with Crippen LogP contribution in [0.25, 0.3) is 0 Å². The molecule has 1 aliphatic carbocycles. The molecule has 1 N–H and O–H groups in total. The van der Waals surface area contributed by atoms with Crippen LogP contribution < -0.4 is 0 Å². The lowest BCUT2D eigenvalue weighted by molar-refractivity contribution is -0.141. The highest BCUT2D eigenvalue weighted by atomic mass is 32.2. The normalized spacial score (nSPS) is 25.7. The number of aliphatic carboxylic acids is 1. The second kappa shape index (κ2) is 6.67. The van der Waals surface area contributed by atoms with Crippen LogP contribution in [0, 0.1) is 5.92 Å². The molecule has 6 nitrogen and oxygen atoms in total. The fourth-order valence-corrected chi connectivity index (χ4v) is 5.21. The van der Waals surface area contributed by atoms with Gasteiger partial charge in [0.05, 0.1) is 17.8 Å². The molecule has 0 radical (unpaired) electrons. The SMILES string of the molecule is CCN(C(C)COC)S(=O)(=O)C1CCCC1C(=O)O. The number of rotatable bonds is 7. The van der Waals surface area contributed by atoms with Gasteiger partial charge in [-0.05, 0) is 19.8 Å². The summed E-state index contributed by atoms with van der Waals surface area (Å²) in [5, 5.41) is 8.33. The Hall–Kier alpha value is -0.660. The number of nitrogens with zero attached hydrogens (tertiary/aromatic N) is 1. The van der Waals surface area contributed by atoms with Crippen LogP contribution in [0.4, 0.5) is 0 Å². The molecule has 19 heavy (non-hydrogen) atoms. The van der Waals surface area contributed by atoms with E-state index < -0.39 is 27.2 Å². The molecule has 0 bridgehead atoms. The standard InChI is InChI=1S/C12H23NO5S/c1-4-13(9(2)8-18-3)19(16,17)11-7-5-6-10(11)12(14)15/h9-11H,4-8H2,1-3H3,(H,14,15). The minimum atomic E-state index is -3.59. The van der Waals surface area contributed by atoms with Gasteiger partial charge in [0.2, 0.25) is 10.0 Å². The molecule has 3 unspecified atom stereocenters. The Morgan fingerprint density at radius 3 is 2.58 bits per heavy atom. The number of methoxy groups -OCH3 is 1. The molecular weight excluding hydrogens is 270 g/mol. The summed E-state index contributed by atoms with van der Waals surface area (Å²) >= 11 is 0. The predicted molar refractivity (Wildman–Crippen MR) is 71.4 cm³/mol. The van der Waals surface area contributed by atoms with Crippen LogP contribution in [0.3, 0.4) is 0 Å². The summed E-state index contributed by atoms with van der Waals surface area (Å²) in [6.07, 6.45) is 1.52. The van der Waals surface area contributed by atoms with Gasteiger partial charge in [0.15, 0.2) is 0 Å². The minimum absolute atomic E-state index is 0.282. The fourth-order valence-electron chi connectivity index (χ4n) is 2.81. The van der Waals surface area contributed by atoms with Crippen molar-refractivity contribution in [2.24, 2.45) is 5.92 Å². The highest BCUT2D eigenvalue weighted by Crippen LogP contribution is 2.33. The monoisotopic (exact) mass is 293 g/mol. The summed E-state index contributed by atoms with van der Waals surface area (Å²) in [6.45, 7) is 4.16. The molecule has 0 heterocycles. The molecule has 0 aromatic heterocycles. The number of carbonyl (C=O) groups is 1. The molecule has 112 valence electrons. The summed E-state index contributed by atoms with van der Waals surface area (Å²) in [6, 6.07) is -0.282. The number of likely N-dealkylation sites (N-methyl/N-ethyl adjacent to an activating group) is 1. The third-order valence-electron chi connectivity index (χ3n) is 3.69. The first-order chi connectivity index (χ1) is 8.86. The Bertz CT molecular complexity index is 408. The van der Waals surface area contributed by atoms with Crippen molar-refractivity contribution in [3.63, 3.8) is 0 Å². The van der Waals surface area contributed by atoms with Gasteiger partial charge in [-0.15, -0.1) is 0 Å². The van der Waals surface area contributed by atoms with Crippen LogP contribution in [-0.2, 0) is 19.6 Å². The van der Waals surface area contributed by atoms with Gasteiger partial charge in [-0.3, -0.25) is 4.79 Å². The lowest BCUT2D eigenvalue weighted by Gasteiger charge is -2.30. The van der Waals surface area contributed by atoms with E-state index in [0.29, 0.717) is 32.4 Å². The maximum absolute atomic E-state index is 12.6. The molecular formula is C12H23NO5S. The maximum Gasteiger partial charge on any atom is 0.307 e. The Kier molecular flexibility index (Phi) is 5.76. The molecule has 0 aromatic carbocycles. The van der Waals surface area contributed by atoms with Gasteiger partial charge in [-0.2, -0.15) is 4.31 Å². The number of carboxylic acids is 1. The average molecular weight is 293 g/mol. The molecule has 0 aromatic rings. The van der Waals surface area contributed by atoms with Gasteiger partial charge in [0.1, 0.15) is 0 Å². The van der Waals surface area contributed by atoms with Gasteiger partial charge < -0.3 is 9.84 Å². The minimum Gasteiger partial charge on any atom is -0.481 e. The zero-order chi connectivity index (χ0) is 14.6. The summed E-state index contributed by atoms with van der Waals surface area (Å²) in [5.74, 6) is -1.80. The van der Waals surface area contributed by atoms with Gasteiger partial charge in [0, 0.05) is 19.7 Å². The third kappa shape index (κ3) is 3.46. The van der Waals surface area contributed by atoms with E-state index in [9.17, 15) is 13.2 Å². The topological polar surface area (TPSA) is 83.9 Å². The number of ether oxygens (including phenoxy) is 1. The van der Waals surface area contributed by atoms with E-state index in [1.807, 2.05) is 0 Å². The molecule has 0 amide bonds. The second-order valence-corrected chi connectivity index (χ2v) is 7.07. The summed E-state index contributed by atoms with van der Waals surface area (Å²) < 4.78 is 31.6. The van der Waals surface area contributed by atoms with Gasteiger partial charge in [-0.1, -0.05) is 13.3 Å². The van der Waals surface area contributed by atoms with Crippen LogP contribution in [0.15, 0.2) is 0 Å². The van der Waals surface area contributed by atoms with E-state index in [0.717, 1.165) is 0 Å². The van der Waals surface area contributed by atoms with Crippen LogP contribution in [0.2, 0.25) is 0 Å². The molecule has 1 fully saturated rings. The van der Waals surface area contributed by atoms with Crippen molar-refractivity contribution in [3.8, 4) is 0 Å². The van der Waals surface area contributed by atoms with Gasteiger partial charge in [-0.25, -0.2) is 8.42 Å². The predicted octanol–water partition coefficient (Wildman–Crippen LogP) is 0.926. The van der Waals surface area contributed by atoms with E-state index >= 15 is 0 Å². The molecule has 0 aliphatic heterocycles. The molecule has 1 aliphatic rings. The number of hydrogen-bond acceptors (Lipinski definition) is 4. The smallest absolute Gasteiger partial charge is 0.307 e. The molecule has 0 spiro atoms. The first-order valence-corrected chi connectivity index (χ1v) is 8.09. The van der Waals surface area contributed by atoms with Crippen molar-refractivity contribution < 1.29 is 23.1 Å². The first kappa shape index (κ1) is 16.4. The highest BCUT2D eigenvalue weighted by Gasteiger charge is 2.44. The van der Waals surface area contributed by atoms with E-state index in [2.05, 4.69) is 0 Å². The summed E-state index contributed by atoms with van der Waals surface area (Å²) in [4.78, 5) is 11.2. The highest BCUT2D eigenvalue weighted by molar-refractivity contribution is 7.89. The van der Waals surface area contributed by atoms with Crippen molar-refractivity contribution in [1.29, 1.82) is 0 Å². The van der Waals surface area contributed by atoms with Gasteiger partial charge >= 0.3 is 5.97 Å². The molecule has 7 heteroatoms. The van der Waals surface area contributed by atoms with Crippen LogP contribution >= 0.6 is 0 Å². The second-order valence-electron chi connectivity index (χ2n) is 4.97. The van der Waals surface area contributed by atoms with Gasteiger partial charge in [0.25, 0.3) is 0 Å². The average Bonchev–Trinajstić information content (AvgIpc) is 2.79. The van der Waals surface area contributed by atoms with E-state index in [1.54, 1.807) is 13.8 Å². The molecule has 1 saturated carbocycles. The van der Waals surface area contributed by atoms with E-state index in [1.165, 1.54) is 11.4 Å². The van der Waals surface area contributed by atoms with Crippen LogP contribution in [0.1, 0.15) is 33.1 Å². The Labute approximate surface area is 114 Å².